The fourth-order valence-corrected chi connectivity index (χ4v) is 4.05. The summed E-state index contributed by atoms with van der Waals surface area (Å²) in [6, 6.07) is 16.9. The first-order valence-corrected chi connectivity index (χ1v) is 8.56. The van der Waals surface area contributed by atoms with Crippen LogP contribution in [-0.2, 0) is 4.79 Å². The van der Waals surface area contributed by atoms with Crippen molar-refractivity contribution in [2.75, 3.05) is 24.5 Å². The van der Waals surface area contributed by atoms with E-state index in [4.69, 9.17) is 0 Å². The normalized spacial score (nSPS) is 15.8. The molecule has 0 bridgehead atoms. The number of carbonyl (C=O) groups excluding carboxylic acids is 1. The second-order valence-corrected chi connectivity index (χ2v) is 6.76. The van der Waals surface area contributed by atoms with E-state index in [1.165, 1.54) is 21.2 Å². The summed E-state index contributed by atoms with van der Waals surface area (Å²) in [4.78, 5) is 19.0. The number of nitrogens with zero attached hydrogens (tertiary/aromatic N) is 2. The average molecular weight is 310 g/mol. The van der Waals surface area contributed by atoms with Gasteiger partial charge in [0, 0.05) is 35.8 Å². The van der Waals surface area contributed by atoms with Crippen molar-refractivity contribution in [3.05, 3.63) is 48.5 Å². The van der Waals surface area contributed by atoms with Crippen LogP contribution in [0.25, 0.3) is 0 Å². The van der Waals surface area contributed by atoms with Crippen molar-refractivity contribution < 1.29 is 4.79 Å². The summed E-state index contributed by atoms with van der Waals surface area (Å²) in [5.74, 6) is 0.277. The van der Waals surface area contributed by atoms with Crippen molar-refractivity contribution in [3.63, 3.8) is 0 Å². The molecule has 1 fully saturated rings. The largest absolute Gasteiger partial charge is 0.343 e. The van der Waals surface area contributed by atoms with Gasteiger partial charge >= 0.3 is 0 Å². The number of likely N-dealkylation sites (tertiary alicyclic amines) is 1. The monoisotopic (exact) mass is 310 g/mol. The van der Waals surface area contributed by atoms with Crippen LogP contribution in [0.2, 0.25) is 0 Å². The van der Waals surface area contributed by atoms with Crippen molar-refractivity contribution in [1.82, 2.24) is 4.90 Å². The molecule has 0 N–H and O–H groups in total. The molecule has 2 aliphatic heterocycles. The van der Waals surface area contributed by atoms with E-state index in [-0.39, 0.29) is 5.91 Å². The van der Waals surface area contributed by atoms with E-state index >= 15 is 0 Å². The molecule has 0 saturated carbocycles. The minimum absolute atomic E-state index is 0.277. The van der Waals surface area contributed by atoms with Crippen LogP contribution in [0.15, 0.2) is 58.3 Å². The molecule has 0 unspecified atom stereocenters. The maximum atomic E-state index is 12.2. The highest BCUT2D eigenvalue weighted by Crippen LogP contribution is 2.47. The fraction of sp³-hybridized carbons (Fsp3) is 0.278. The smallest absolute Gasteiger partial charge is 0.224 e. The van der Waals surface area contributed by atoms with Crippen LogP contribution in [0.1, 0.15) is 12.8 Å². The standard InChI is InChI=1S/C18H18N2OS/c21-18(19-11-5-12-19)10-13-20-14-6-1-3-8-16(14)22-17-9-4-2-7-15(17)20/h1-4,6-9H,5,10-13H2. The Labute approximate surface area is 134 Å². The molecule has 2 aromatic rings. The van der Waals surface area contributed by atoms with Crippen LogP contribution in [0.3, 0.4) is 0 Å². The molecule has 4 heteroatoms. The lowest BCUT2D eigenvalue weighted by Crippen LogP contribution is -2.43. The Balaban J connectivity index is 1.61. The summed E-state index contributed by atoms with van der Waals surface area (Å²) >= 11 is 1.81. The summed E-state index contributed by atoms with van der Waals surface area (Å²) in [7, 11) is 0. The zero-order chi connectivity index (χ0) is 14.9. The van der Waals surface area contributed by atoms with Crippen molar-refractivity contribution in [3.8, 4) is 0 Å². The molecule has 0 atom stereocenters. The third-order valence-electron chi connectivity index (χ3n) is 4.29. The summed E-state index contributed by atoms with van der Waals surface area (Å²) in [6.07, 6.45) is 1.73. The average Bonchev–Trinajstić information content (AvgIpc) is 2.49. The quantitative estimate of drug-likeness (QED) is 0.858. The molecule has 2 aliphatic rings. The number of hydrogen-bond donors (Lipinski definition) is 0. The number of benzene rings is 2. The molecular weight excluding hydrogens is 292 g/mol. The van der Waals surface area contributed by atoms with E-state index in [1.807, 2.05) is 4.90 Å². The van der Waals surface area contributed by atoms with Gasteiger partial charge in [0.2, 0.25) is 5.91 Å². The van der Waals surface area contributed by atoms with Crippen LogP contribution in [0.4, 0.5) is 11.4 Å². The first-order valence-electron chi connectivity index (χ1n) is 7.74. The number of fused-ring (bicyclic) bond motifs is 2. The maximum absolute atomic E-state index is 12.2. The summed E-state index contributed by atoms with van der Waals surface area (Å²) in [5.41, 5.74) is 2.42. The van der Waals surface area contributed by atoms with E-state index in [2.05, 4.69) is 53.4 Å². The molecule has 3 nitrogen and oxygen atoms in total. The van der Waals surface area contributed by atoms with Gasteiger partial charge in [-0.25, -0.2) is 0 Å². The van der Waals surface area contributed by atoms with E-state index < -0.39 is 0 Å². The Morgan fingerprint density at radius 3 is 2.09 bits per heavy atom. The van der Waals surface area contributed by atoms with Crippen LogP contribution in [0, 0.1) is 0 Å². The van der Waals surface area contributed by atoms with Crippen molar-refractivity contribution in [1.29, 1.82) is 0 Å². The number of anilines is 2. The lowest BCUT2D eigenvalue weighted by molar-refractivity contribution is -0.134. The van der Waals surface area contributed by atoms with Gasteiger partial charge in [-0.1, -0.05) is 36.0 Å². The molecule has 1 amide bonds. The molecule has 0 radical (unpaired) electrons. The Morgan fingerprint density at radius 2 is 1.55 bits per heavy atom. The van der Waals surface area contributed by atoms with Gasteiger partial charge in [0.15, 0.2) is 0 Å². The minimum Gasteiger partial charge on any atom is -0.343 e. The van der Waals surface area contributed by atoms with Gasteiger partial charge in [-0.15, -0.1) is 0 Å². The van der Waals surface area contributed by atoms with Crippen LogP contribution in [0.5, 0.6) is 0 Å². The van der Waals surface area contributed by atoms with E-state index in [0.29, 0.717) is 6.42 Å². The highest BCUT2D eigenvalue weighted by atomic mass is 32.2. The van der Waals surface area contributed by atoms with Crippen molar-refractivity contribution >= 4 is 29.0 Å². The molecule has 4 rings (SSSR count). The summed E-state index contributed by atoms with van der Waals surface area (Å²) in [6.45, 7) is 2.60. The van der Waals surface area contributed by atoms with Crippen molar-refractivity contribution in [2.45, 2.75) is 22.6 Å². The Bertz CT molecular complexity index is 666. The highest BCUT2D eigenvalue weighted by Gasteiger charge is 2.25. The minimum atomic E-state index is 0.277. The van der Waals surface area contributed by atoms with Crippen LogP contribution >= 0.6 is 11.8 Å². The van der Waals surface area contributed by atoms with Gasteiger partial charge in [0.05, 0.1) is 11.4 Å². The molecule has 0 spiro atoms. The van der Waals surface area contributed by atoms with Gasteiger partial charge < -0.3 is 9.80 Å². The van der Waals surface area contributed by atoms with Gasteiger partial charge in [-0.3, -0.25) is 4.79 Å². The number of hydrogen-bond acceptors (Lipinski definition) is 3. The predicted molar refractivity (Wildman–Crippen MR) is 89.8 cm³/mol. The first-order chi connectivity index (χ1) is 10.8. The maximum Gasteiger partial charge on any atom is 0.224 e. The van der Waals surface area contributed by atoms with Gasteiger partial charge in [-0.2, -0.15) is 0 Å². The number of carbonyl (C=O) groups is 1. The number of para-hydroxylation sites is 2. The lowest BCUT2D eigenvalue weighted by atomic mass is 10.1. The molecule has 0 aromatic heterocycles. The van der Waals surface area contributed by atoms with Gasteiger partial charge in [0.1, 0.15) is 0 Å². The zero-order valence-corrected chi connectivity index (χ0v) is 13.2. The third kappa shape index (κ3) is 2.37. The molecule has 2 heterocycles. The lowest BCUT2D eigenvalue weighted by Gasteiger charge is -2.35. The van der Waals surface area contributed by atoms with E-state index in [9.17, 15) is 4.79 Å². The SMILES string of the molecule is O=C(CCN1c2ccccc2Sc2ccccc21)N1CCC1. The molecule has 2 aromatic carbocycles. The fourth-order valence-electron chi connectivity index (χ4n) is 2.95. The topological polar surface area (TPSA) is 23.6 Å². The number of rotatable bonds is 3. The van der Waals surface area contributed by atoms with E-state index in [1.54, 1.807) is 11.8 Å². The molecule has 1 saturated heterocycles. The van der Waals surface area contributed by atoms with Crippen LogP contribution in [-0.4, -0.2) is 30.4 Å². The van der Waals surface area contributed by atoms with E-state index in [0.717, 1.165) is 26.1 Å². The zero-order valence-electron chi connectivity index (χ0n) is 12.4. The third-order valence-corrected chi connectivity index (χ3v) is 5.42. The summed E-state index contributed by atoms with van der Waals surface area (Å²) in [5, 5.41) is 0. The highest BCUT2D eigenvalue weighted by molar-refractivity contribution is 7.99. The number of amides is 1. The molecule has 0 aliphatic carbocycles. The molecule has 22 heavy (non-hydrogen) atoms. The predicted octanol–water partition coefficient (Wildman–Crippen LogP) is 3.91. The first kappa shape index (κ1) is 13.7. The molecule has 112 valence electrons. The van der Waals surface area contributed by atoms with Gasteiger partial charge in [-0.05, 0) is 30.7 Å². The Hall–Kier alpha value is -1.94. The summed E-state index contributed by atoms with van der Waals surface area (Å²) < 4.78 is 0. The second-order valence-electron chi connectivity index (χ2n) is 5.67. The molecular formula is C18H18N2OS. The second kappa shape index (κ2) is 5.69. The Morgan fingerprint density at radius 1 is 0.955 bits per heavy atom. The van der Waals surface area contributed by atoms with Gasteiger partial charge in [0.25, 0.3) is 0 Å². The Kier molecular flexibility index (Phi) is 3.54. The van der Waals surface area contributed by atoms with Crippen LogP contribution < -0.4 is 4.90 Å². The van der Waals surface area contributed by atoms with Crippen molar-refractivity contribution in [2.24, 2.45) is 0 Å².